The lowest BCUT2D eigenvalue weighted by Crippen LogP contribution is -2.51. The van der Waals surface area contributed by atoms with Gasteiger partial charge in [0.15, 0.2) is 0 Å². The Morgan fingerprint density at radius 1 is 1.02 bits per heavy atom. The third kappa shape index (κ3) is 8.71. The molecule has 40 heavy (non-hydrogen) atoms. The number of amides is 2. The molecule has 0 unspecified atom stereocenters. The summed E-state index contributed by atoms with van der Waals surface area (Å²) in [6.07, 6.45) is 7.46. The van der Waals surface area contributed by atoms with E-state index in [0.717, 1.165) is 48.1 Å². The normalized spacial score (nSPS) is 14.8. The average molecular weight is 572 g/mol. The first-order chi connectivity index (χ1) is 19.0. The van der Waals surface area contributed by atoms with Crippen LogP contribution in [0, 0.1) is 13.8 Å². The number of rotatable bonds is 13. The highest BCUT2D eigenvalue weighted by Gasteiger charge is 2.30. The summed E-state index contributed by atoms with van der Waals surface area (Å²) in [6.45, 7) is 6.31. The second-order valence-electron chi connectivity index (χ2n) is 10.8. The van der Waals surface area contributed by atoms with Crippen molar-refractivity contribution in [1.82, 2.24) is 10.2 Å². The lowest BCUT2D eigenvalue weighted by Gasteiger charge is -2.33. The molecule has 1 atom stereocenters. The highest BCUT2D eigenvalue weighted by Crippen LogP contribution is 2.23. The van der Waals surface area contributed by atoms with Gasteiger partial charge >= 0.3 is 0 Å². The smallest absolute Gasteiger partial charge is 0.243 e. The maximum absolute atomic E-state index is 13.7. The van der Waals surface area contributed by atoms with Crippen molar-refractivity contribution in [2.24, 2.45) is 0 Å². The topological polar surface area (TPSA) is 96.0 Å². The van der Waals surface area contributed by atoms with Crippen LogP contribution < -0.4 is 14.4 Å². The van der Waals surface area contributed by atoms with E-state index in [2.05, 4.69) is 5.32 Å². The summed E-state index contributed by atoms with van der Waals surface area (Å²) in [5.74, 6) is 0.426. The molecular weight excluding hydrogens is 526 g/mol. The van der Waals surface area contributed by atoms with Crippen LogP contribution in [0.4, 0.5) is 5.69 Å². The van der Waals surface area contributed by atoms with Crippen molar-refractivity contribution in [3.63, 3.8) is 0 Å². The van der Waals surface area contributed by atoms with E-state index in [1.165, 1.54) is 17.0 Å². The quantitative estimate of drug-likeness (QED) is 0.360. The van der Waals surface area contributed by atoms with Crippen LogP contribution in [0.2, 0.25) is 0 Å². The Morgan fingerprint density at radius 2 is 1.70 bits per heavy atom. The van der Waals surface area contributed by atoms with Crippen LogP contribution in [0.1, 0.15) is 75.0 Å². The van der Waals surface area contributed by atoms with Gasteiger partial charge in [-0.3, -0.25) is 13.9 Å². The third-order valence-corrected chi connectivity index (χ3v) is 8.97. The summed E-state index contributed by atoms with van der Waals surface area (Å²) in [4.78, 5) is 28.8. The van der Waals surface area contributed by atoms with Crippen molar-refractivity contribution >= 4 is 27.5 Å². The molecule has 1 aliphatic carbocycles. The van der Waals surface area contributed by atoms with Crippen LogP contribution in [-0.2, 0) is 26.2 Å². The van der Waals surface area contributed by atoms with Gasteiger partial charge in [0.2, 0.25) is 21.8 Å². The van der Waals surface area contributed by atoms with Gasteiger partial charge in [0, 0.05) is 25.6 Å². The Kier molecular flexibility index (Phi) is 11.4. The largest absolute Gasteiger partial charge is 0.497 e. The van der Waals surface area contributed by atoms with E-state index in [9.17, 15) is 18.0 Å². The van der Waals surface area contributed by atoms with E-state index in [4.69, 9.17) is 4.74 Å². The second-order valence-corrected chi connectivity index (χ2v) is 12.8. The summed E-state index contributed by atoms with van der Waals surface area (Å²) in [7, 11) is -1.94. The van der Waals surface area contributed by atoms with Crippen LogP contribution in [0.15, 0.2) is 42.5 Å². The van der Waals surface area contributed by atoms with Crippen molar-refractivity contribution in [1.29, 1.82) is 0 Å². The van der Waals surface area contributed by atoms with Gasteiger partial charge < -0.3 is 15.0 Å². The maximum Gasteiger partial charge on any atom is 0.243 e. The molecule has 3 rings (SSSR count). The number of ether oxygens (including phenoxy) is 1. The monoisotopic (exact) mass is 571 g/mol. The zero-order chi connectivity index (χ0) is 29.3. The molecule has 220 valence electrons. The standard InChI is InChI=1S/C31H45N3O5S/c1-6-29(31(36)32-26-11-8-7-9-12-26)33(22-25-15-18-28(39-4)19-16-25)30(35)13-10-20-34(40(5,37)38)27-17-14-23(2)24(3)21-27/h14-19,21,26,29H,6-13,20,22H2,1-5H3,(H,32,36)/t29-/m1/s1. The molecule has 0 aliphatic heterocycles. The number of benzene rings is 2. The molecule has 0 saturated heterocycles. The summed E-state index contributed by atoms with van der Waals surface area (Å²) in [6, 6.07) is 12.6. The number of sulfonamides is 1. The van der Waals surface area contributed by atoms with Crippen LogP contribution in [0.5, 0.6) is 5.75 Å². The predicted octanol–water partition coefficient (Wildman–Crippen LogP) is 5.11. The van der Waals surface area contributed by atoms with Gasteiger partial charge in [-0.15, -0.1) is 0 Å². The van der Waals surface area contributed by atoms with E-state index < -0.39 is 16.1 Å². The minimum Gasteiger partial charge on any atom is -0.497 e. The lowest BCUT2D eigenvalue weighted by atomic mass is 9.95. The number of hydrogen-bond acceptors (Lipinski definition) is 5. The molecule has 0 radical (unpaired) electrons. The van der Waals surface area contributed by atoms with E-state index in [1.54, 1.807) is 18.1 Å². The average Bonchev–Trinajstić information content (AvgIpc) is 2.92. The third-order valence-electron chi connectivity index (χ3n) is 7.78. The number of carbonyl (C=O) groups is 2. The molecule has 2 aromatic rings. The van der Waals surface area contributed by atoms with Crippen LogP contribution >= 0.6 is 0 Å². The van der Waals surface area contributed by atoms with Crippen LogP contribution in [0.3, 0.4) is 0 Å². The van der Waals surface area contributed by atoms with Gasteiger partial charge in [0.05, 0.1) is 19.1 Å². The van der Waals surface area contributed by atoms with E-state index in [1.807, 2.05) is 57.2 Å². The van der Waals surface area contributed by atoms with Gasteiger partial charge in [-0.2, -0.15) is 0 Å². The zero-order valence-electron chi connectivity index (χ0n) is 24.6. The molecule has 0 spiro atoms. The number of aryl methyl sites for hydroxylation is 2. The van der Waals surface area contributed by atoms with Crippen molar-refractivity contribution in [2.75, 3.05) is 24.2 Å². The molecular formula is C31H45N3O5S. The van der Waals surface area contributed by atoms with Gasteiger partial charge in [-0.1, -0.05) is 44.4 Å². The Balaban J connectivity index is 1.77. The Morgan fingerprint density at radius 3 is 2.27 bits per heavy atom. The Labute approximate surface area is 240 Å². The molecule has 1 N–H and O–H groups in total. The first kappa shape index (κ1) is 31.5. The molecule has 1 saturated carbocycles. The predicted molar refractivity (Wildman–Crippen MR) is 160 cm³/mol. The number of anilines is 1. The first-order valence-electron chi connectivity index (χ1n) is 14.3. The highest BCUT2D eigenvalue weighted by molar-refractivity contribution is 7.92. The van der Waals surface area contributed by atoms with Gasteiger partial charge in [-0.25, -0.2) is 8.42 Å². The molecule has 2 amide bonds. The van der Waals surface area contributed by atoms with Crippen molar-refractivity contribution in [2.45, 2.75) is 90.8 Å². The minimum atomic E-state index is -3.54. The SMILES string of the molecule is CC[C@H](C(=O)NC1CCCCC1)N(Cc1ccc(OC)cc1)C(=O)CCCN(c1ccc(C)c(C)c1)S(C)(=O)=O. The number of carbonyl (C=O) groups excluding carboxylic acids is 2. The summed E-state index contributed by atoms with van der Waals surface area (Å²) >= 11 is 0. The Bertz CT molecular complexity index is 1240. The molecule has 0 aromatic heterocycles. The van der Waals surface area contributed by atoms with Gasteiger partial charge in [0.1, 0.15) is 11.8 Å². The molecule has 0 bridgehead atoms. The minimum absolute atomic E-state index is 0.121. The van der Waals surface area contributed by atoms with E-state index in [0.29, 0.717) is 18.5 Å². The lowest BCUT2D eigenvalue weighted by molar-refractivity contribution is -0.141. The fraction of sp³-hybridized carbons (Fsp3) is 0.548. The molecule has 1 aliphatic rings. The number of hydrogen-bond donors (Lipinski definition) is 1. The summed E-state index contributed by atoms with van der Waals surface area (Å²) < 4.78 is 31.9. The van der Waals surface area contributed by atoms with Crippen LogP contribution in [-0.4, -0.2) is 57.1 Å². The number of nitrogens with one attached hydrogen (secondary N) is 1. The van der Waals surface area contributed by atoms with E-state index in [-0.39, 0.29) is 37.4 Å². The zero-order valence-corrected chi connectivity index (χ0v) is 25.4. The number of nitrogens with zero attached hydrogens (tertiary/aromatic N) is 2. The first-order valence-corrected chi connectivity index (χ1v) is 16.2. The van der Waals surface area contributed by atoms with Crippen molar-refractivity contribution in [3.05, 3.63) is 59.2 Å². The molecule has 1 fully saturated rings. The summed E-state index contributed by atoms with van der Waals surface area (Å²) in [5.41, 5.74) is 3.57. The molecule has 9 heteroatoms. The van der Waals surface area contributed by atoms with Crippen LogP contribution in [0.25, 0.3) is 0 Å². The maximum atomic E-state index is 13.7. The number of methoxy groups -OCH3 is 1. The fourth-order valence-electron chi connectivity index (χ4n) is 5.28. The second kappa shape index (κ2) is 14.5. The van der Waals surface area contributed by atoms with Crippen molar-refractivity contribution < 1.29 is 22.7 Å². The Hall–Kier alpha value is -3.07. The van der Waals surface area contributed by atoms with Crippen molar-refractivity contribution in [3.8, 4) is 5.75 Å². The molecule has 2 aromatic carbocycles. The fourth-order valence-corrected chi connectivity index (χ4v) is 6.23. The van der Waals surface area contributed by atoms with Gasteiger partial charge in [-0.05, 0) is 80.5 Å². The molecule has 0 heterocycles. The van der Waals surface area contributed by atoms with E-state index >= 15 is 0 Å². The molecule has 8 nitrogen and oxygen atoms in total. The van der Waals surface area contributed by atoms with Gasteiger partial charge in [0.25, 0.3) is 0 Å². The summed E-state index contributed by atoms with van der Waals surface area (Å²) in [5, 5.41) is 3.19. The highest BCUT2D eigenvalue weighted by atomic mass is 32.2.